The van der Waals surface area contributed by atoms with Crippen molar-refractivity contribution in [2.24, 2.45) is 0 Å². The zero-order valence-corrected chi connectivity index (χ0v) is 17.7. The van der Waals surface area contributed by atoms with E-state index in [1.165, 1.54) is 10.4 Å². The summed E-state index contributed by atoms with van der Waals surface area (Å²) in [6.45, 7) is 2.16. The molecule has 0 radical (unpaired) electrons. The highest BCUT2D eigenvalue weighted by molar-refractivity contribution is 7.16. The first-order valence-corrected chi connectivity index (χ1v) is 10.8. The summed E-state index contributed by atoms with van der Waals surface area (Å²) in [6, 6.07) is 34.9. The molecule has 0 saturated heterocycles. The average Bonchev–Trinajstić information content (AvgIpc) is 3.27. The largest absolute Gasteiger partial charge is 0.308 e. The fraction of sp³-hybridized carbons (Fsp3) is 0.0741. The molecule has 0 saturated carbocycles. The Morgan fingerprint density at radius 2 is 1.40 bits per heavy atom. The van der Waals surface area contributed by atoms with Gasteiger partial charge in [0.15, 0.2) is 0 Å². The molecule has 30 heavy (non-hydrogen) atoms. The topological polar surface area (TPSA) is 20.3 Å². The van der Waals surface area contributed by atoms with E-state index in [4.69, 9.17) is 0 Å². The maximum absolute atomic E-state index is 12.7. The fourth-order valence-corrected chi connectivity index (χ4v) is 4.33. The van der Waals surface area contributed by atoms with Crippen molar-refractivity contribution in [3.63, 3.8) is 0 Å². The van der Waals surface area contributed by atoms with Gasteiger partial charge in [0.2, 0.25) is 5.91 Å². The van der Waals surface area contributed by atoms with Crippen molar-refractivity contribution in [3.8, 4) is 10.4 Å². The molecule has 1 heterocycles. The highest BCUT2D eigenvalue weighted by Gasteiger charge is 2.17. The predicted octanol–water partition coefficient (Wildman–Crippen LogP) is 6.96. The molecule has 0 aliphatic carbocycles. The number of thiophene rings is 1. The van der Waals surface area contributed by atoms with Crippen LogP contribution in [0.5, 0.6) is 0 Å². The van der Waals surface area contributed by atoms with E-state index in [1.54, 1.807) is 18.3 Å². The minimum atomic E-state index is 0.0220. The van der Waals surface area contributed by atoms with Crippen LogP contribution in [0.25, 0.3) is 22.2 Å². The van der Waals surface area contributed by atoms with Crippen LogP contribution in [0.1, 0.15) is 22.9 Å². The van der Waals surface area contributed by atoms with Crippen LogP contribution in [-0.4, -0.2) is 10.8 Å². The highest BCUT2D eigenvalue weighted by Crippen LogP contribution is 2.32. The van der Waals surface area contributed by atoms with Crippen LogP contribution in [0.3, 0.4) is 0 Å². The Morgan fingerprint density at radius 1 is 0.800 bits per heavy atom. The summed E-state index contributed by atoms with van der Waals surface area (Å²) in [4.78, 5) is 16.9. The third-order valence-electron chi connectivity index (χ3n) is 4.89. The second-order valence-corrected chi connectivity index (χ2v) is 8.17. The zero-order valence-electron chi connectivity index (χ0n) is 16.9. The Balaban J connectivity index is 1.74. The minimum Gasteiger partial charge on any atom is -0.308 e. The van der Waals surface area contributed by atoms with Crippen LogP contribution in [-0.2, 0) is 11.3 Å². The third kappa shape index (κ3) is 4.76. The molecule has 0 fully saturated rings. The maximum Gasteiger partial charge on any atom is 0.224 e. The molecule has 1 aromatic heterocycles. The number of nitrogens with zero attached hydrogens (tertiary/aromatic N) is 1. The zero-order chi connectivity index (χ0) is 20.8. The molecule has 0 bridgehead atoms. The molecule has 4 rings (SSSR count). The third-order valence-corrected chi connectivity index (χ3v) is 5.97. The minimum absolute atomic E-state index is 0.0220. The lowest BCUT2D eigenvalue weighted by atomic mass is 10.1. The lowest BCUT2D eigenvalue weighted by Crippen LogP contribution is -2.26. The molecule has 0 atom stereocenters. The van der Waals surface area contributed by atoms with Crippen LogP contribution in [0, 0.1) is 0 Å². The average molecular weight is 410 g/mol. The van der Waals surface area contributed by atoms with Crippen LogP contribution >= 0.6 is 11.3 Å². The number of amides is 1. The highest BCUT2D eigenvalue weighted by atomic mass is 32.1. The first-order valence-electron chi connectivity index (χ1n) is 9.95. The number of benzene rings is 3. The first kappa shape index (κ1) is 19.9. The summed E-state index contributed by atoms with van der Waals surface area (Å²) in [6.07, 6.45) is 2.12. The summed E-state index contributed by atoms with van der Waals surface area (Å²) in [7, 11) is 0. The second-order valence-electron chi connectivity index (χ2n) is 7.05. The van der Waals surface area contributed by atoms with Gasteiger partial charge in [0.1, 0.15) is 0 Å². The number of carbonyl (C=O) groups excluding carboxylic acids is 1. The quantitative estimate of drug-likeness (QED) is 0.337. The van der Waals surface area contributed by atoms with Crippen LogP contribution in [0.15, 0.2) is 103 Å². The number of rotatable bonds is 6. The van der Waals surface area contributed by atoms with Crippen LogP contribution < -0.4 is 0 Å². The summed E-state index contributed by atoms with van der Waals surface area (Å²) in [5, 5.41) is 0. The van der Waals surface area contributed by atoms with E-state index in [1.807, 2.05) is 47.4 Å². The van der Waals surface area contributed by atoms with E-state index in [0.717, 1.165) is 21.7 Å². The first-order chi connectivity index (χ1) is 14.7. The molecular formula is C27H23NOS. The van der Waals surface area contributed by atoms with Gasteiger partial charge in [-0.05, 0) is 34.9 Å². The molecule has 0 unspecified atom stereocenters. The lowest BCUT2D eigenvalue weighted by Gasteiger charge is -2.25. The predicted molar refractivity (Wildman–Crippen MR) is 127 cm³/mol. The smallest absolute Gasteiger partial charge is 0.224 e. The Morgan fingerprint density at radius 3 is 2.03 bits per heavy atom. The molecule has 4 aromatic rings. The second kappa shape index (κ2) is 9.38. The fourth-order valence-electron chi connectivity index (χ4n) is 3.38. The Hall–Kier alpha value is -3.43. The van der Waals surface area contributed by atoms with E-state index >= 15 is 0 Å². The van der Waals surface area contributed by atoms with Gasteiger partial charge >= 0.3 is 0 Å². The van der Waals surface area contributed by atoms with Crippen molar-refractivity contribution in [2.45, 2.75) is 13.5 Å². The van der Waals surface area contributed by atoms with Gasteiger partial charge in [-0.1, -0.05) is 91.0 Å². The molecule has 1 amide bonds. The Bertz CT molecular complexity index is 1130. The van der Waals surface area contributed by atoms with Crippen molar-refractivity contribution in [3.05, 3.63) is 119 Å². The molecule has 0 aliphatic rings. The van der Waals surface area contributed by atoms with E-state index in [0.29, 0.717) is 6.54 Å². The molecule has 0 spiro atoms. The van der Waals surface area contributed by atoms with Gasteiger partial charge in [-0.3, -0.25) is 4.79 Å². The van der Waals surface area contributed by atoms with Crippen molar-refractivity contribution < 1.29 is 4.79 Å². The standard InChI is InChI=1S/C27H23NOS/c1-21(29)28(20-22-11-5-2-6-12-22)26(23-13-7-3-8-14-23)19-25-17-18-27(30-25)24-15-9-4-10-16-24/h2-19H,20H2,1H3/b26-19-. The lowest BCUT2D eigenvalue weighted by molar-refractivity contribution is -0.126. The molecule has 3 aromatic carbocycles. The van der Waals surface area contributed by atoms with E-state index < -0.39 is 0 Å². The van der Waals surface area contributed by atoms with Crippen molar-refractivity contribution >= 4 is 29.0 Å². The summed E-state index contributed by atoms with van der Waals surface area (Å²) >= 11 is 1.73. The molecule has 148 valence electrons. The molecular weight excluding hydrogens is 386 g/mol. The molecule has 3 heteroatoms. The van der Waals surface area contributed by atoms with Crippen LogP contribution in [0.4, 0.5) is 0 Å². The van der Waals surface area contributed by atoms with Gasteiger partial charge in [0.25, 0.3) is 0 Å². The van der Waals surface area contributed by atoms with E-state index in [-0.39, 0.29) is 5.91 Å². The normalized spacial score (nSPS) is 11.3. The van der Waals surface area contributed by atoms with Gasteiger partial charge in [-0.2, -0.15) is 0 Å². The van der Waals surface area contributed by atoms with Crippen LogP contribution in [0.2, 0.25) is 0 Å². The van der Waals surface area contributed by atoms with Crippen molar-refractivity contribution in [2.75, 3.05) is 0 Å². The van der Waals surface area contributed by atoms with Gasteiger partial charge in [-0.25, -0.2) is 0 Å². The van der Waals surface area contributed by atoms with Gasteiger partial charge in [0, 0.05) is 16.7 Å². The van der Waals surface area contributed by atoms with E-state index in [9.17, 15) is 4.79 Å². The van der Waals surface area contributed by atoms with Crippen molar-refractivity contribution in [1.82, 2.24) is 4.90 Å². The summed E-state index contributed by atoms with van der Waals surface area (Å²) in [5.41, 5.74) is 4.24. The monoisotopic (exact) mass is 409 g/mol. The molecule has 0 aliphatic heterocycles. The van der Waals surface area contributed by atoms with Crippen molar-refractivity contribution in [1.29, 1.82) is 0 Å². The maximum atomic E-state index is 12.7. The Kier molecular flexibility index (Phi) is 6.21. The number of carbonyl (C=O) groups is 1. The SMILES string of the molecule is CC(=O)N(Cc1ccccc1)/C(=C\c1ccc(-c2ccccc2)s1)c1ccccc1. The Labute approximate surface area is 181 Å². The molecule has 2 nitrogen and oxygen atoms in total. The number of hydrogen-bond donors (Lipinski definition) is 0. The van der Waals surface area contributed by atoms with Gasteiger partial charge in [0.05, 0.1) is 12.2 Å². The number of hydrogen-bond acceptors (Lipinski definition) is 2. The molecule has 0 N–H and O–H groups in total. The summed E-state index contributed by atoms with van der Waals surface area (Å²) < 4.78 is 0. The summed E-state index contributed by atoms with van der Waals surface area (Å²) in [5.74, 6) is 0.0220. The van der Waals surface area contributed by atoms with E-state index in [2.05, 4.69) is 66.7 Å². The van der Waals surface area contributed by atoms with Gasteiger partial charge < -0.3 is 4.90 Å². The van der Waals surface area contributed by atoms with Gasteiger partial charge in [-0.15, -0.1) is 11.3 Å².